The highest BCUT2D eigenvalue weighted by atomic mass is 16.3. The van der Waals surface area contributed by atoms with Gasteiger partial charge >= 0.3 is 0 Å². The molecule has 0 bridgehead atoms. The molecular weight excluding hydrogens is 336 g/mol. The fourth-order valence-electron chi connectivity index (χ4n) is 3.91. The number of hydrogen-bond acceptors (Lipinski definition) is 3. The van der Waals surface area contributed by atoms with Crippen molar-refractivity contribution >= 4 is 16.7 Å². The van der Waals surface area contributed by atoms with Crippen LogP contribution in [0.3, 0.4) is 0 Å². The van der Waals surface area contributed by atoms with Crippen LogP contribution in [0.1, 0.15) is 24.2 Å². The van der Waals surface area contributed by atoms with Crippen molar-refractivity contribution < 1.29 is 9.21 Å². The van der Waals surface area contributed by atoms with Crippen LogP contribution in [-0.4, -0.2) is 30.4 Å². The summed E-state index contributed by atoms with van der Waals surface area (Å²) in [6, 6.07) is 18.4. The number of nitrogens with one attached hydrogen (secondary N) is 1. The molecule has 4 nitrogen and oxygen atoms in total. The quantitative estimate of drug-likeness (QED) is 0.721. The Balaban J connectivity index is 1.24. The number of hydrogen-bond donors (Lipinski definition) is 1. The third-order valence-corrected chi connectivity index (χ3v) is 5.49. The van der Waals surface area contributed by atoms with E-state index in [-0.39, 0.29) is 5.91 Å². The summed E-state index contributed by atoms with van der Waals surface area (Å²) in [5.41, 5.74) is 1.10. The van der Waals surface area contributed by atoms with Crippen molar-refractivity contribution in [3.63, 3.8) is 0 Å². The molecular formula is C23H26N2O2. The van der Waals surface area contributed by atoms with E-state index in [9.17, 15) is 4.79 Å². The van der Waals surface area contributed by atoms with Gasteiger partial charge in [0.15, 0.2) is 0 Å². The summed E-state index contributed by atoms with van der Waals surface area (Å²) in [4.78, 5) is 14.9. The molecule has 1 saturated heterocycles. The Hall–Kier alpha value is -2.59. The maximum Gasteiger partial charge on any atom is 0.224 e. The predicted molar refractivity (Wildman–Crippen MR) is 107 cm³/mol. The largest absolute Gasteiger partial charge is 0.468 e. The first-order valence-corrected chi connectivity index (χ1v) is 9.76. The third-order valence-electron chi connectivity index (χ3n) is 5.49. The van der Waals surface area contributed by atoms with Gasteiger partial charge in [-0.15, -0.1) is 0 Å². The van der Waals surface area contributed by atoms with E-state index in [1.165, 1.54) is 10.8 Å². The third kappa shape index (κ3) is 4.58. The summed E-state index contributed by atoms with van der Waals surface area (Å²) in [7, 11) is 0. The summed E-state index contributed by atoms with van der Waals surface area (Å²) >= 11 is 0. The fourth-order valence-corrected chi connectivity index (χ4v) is 3.91. The lowest BCUT2D eigenvalue weighted by Gasteiger charge is -2.31. The summed E-state index contributed by atoms with van der Waals surface area (Å²) < 4.78 is 5.43. The van der Waals surface area contributed by atoms with E-state index < -0.39 is 0 Å². The van der Waals surface area contributed by atoms with Crippen molar-refractivity contribution in [3.8, 4) is 0 Å². The Bertz CT molecular complexity index is 875. The average molecular weight is 362 g/mol. The summed E-state index contributed by atoms with van der Waals surface area (Å²) in [6.07, 6.45) is 4.41. The van der Waals surface area contributed by atoms with Crippen LogP contribution in [0.15, 0.2) is 65.3 Å². The molecule has 1 fully saturated rings. The molecule has 0 radical (unpaired) electrons. The molecule has 0 saturated carbocycles. The minimum atomic E-state index is 0.115. The highest BCUT2D eigenvalue weighted by molar-refractivity contribution is 5.90. The van der Waals surface area contributed by atoms with Gasteiger partial charge in [-0.3, -0.25) is 9.69 Å². The Kier molecular flexibility index (Phi) is 5.54. The highest BCUT2D eigenvalue weighted by Gasteiger charge is 2.20. The zero-order chi connectivity index (χ0) is 18.5. The lowest BCUT2D eigenvalue weighted by molar-refractivity contribution is -0.120. The van der Waals surface area contributed by atoms with Crippen LogP contribution in [0.5, 0.6) is 0 Å². The second kappa shape index (κ2) is 8.40. The number of likely N-dealkylation sites (tertiary alicyclic amines) is 1. The number of benzene rings is 2. The number of amides is 1. The summed E-state index contributed by atoms with van der Waals surface area (Å²) in [5, 5.41) is 5.50. The molecule has 1 aliphatic heterocycles. The van der Waals surface area contributed by atoms with Crippen molar-refractivity contribution in [2.45, 2.75) is 25.8 Å². The zero-order valence-electron chi connectivity index (χ0n) is 15.6. The van der Waals surface area contributed by atoms with E-state index in [1.807, 2.05) is 30.3 Å². The van der Waals surface area contributed by atoms with E-state index in [0.29, 0.717) is 12.3 Å². The van der Waals surface area contributed by atoms with E-state index in [4.69, 9.17) is 4.42 Å². The Morgan fingerprint density at radius 2 is 1.85 bits per heavy atom. The smallest absolute Gasteiger partial charge is 0.224 e. The van der Waals surface area contributed by atoms with Crippen molar-refractivity contribution in [3.05, 3.63) is 72.2 Å². The van der Waals surface area contributed by atoms with Crippen LogP contribution in [-0.2, 0) is 17.8 Å². The summed E-state index contributed by atoms with van der Waals surface area (Å²) in [5.74, 6) is 1.70. The van der Waals surface area contributed by atoms with Crippen LogP contribution in [0, 0.1) is 5.92 Å². The Morgan fingerprint density at radius 3 is 2.67 bits per heavy atom. The van der Waals surface area contributed by atoms with E-state index in [1.54, 1.807) is 6.26 Å². The number of carbonyl (C=O) groups excluding carboxylic acids is 1. The topological polar surface area (TPSA) is 45.5 Å². The molecule has 140 valence electrons. The fraction of sp³-hybridized carbons (Fsp3) is 0.348. The standard InChI is InChI=1S/C23H26N2O2/c26-23(15-20-7-3-6-19-5-1-2-9-22(19)20)24-16-18-10-12-25(13-11-18)17-21-8-4-14-27-21/h1-9,14,18H,10-13,15-17H2,(H,24,26). The molecule has 0 spiro atoms. The Labute approximate surface area is 160 Å². The monoisotopic (exact) mass is 362 g/mol. The van der Waals surface area contributed by atoms with E-state index in [0.717, 1.165) is 50.3 Å². The van der Waals surface area contributed by atoms with Gasteiger partial charge in [0.05, 0.1) is 19.2 Å². The summed E-state index contributed by atoms with van der Waals surface area (Å²) in [6.45, 7) is 3.78. The number of rotatable bonds is 6. The van der Waals surface area contributed by atoms with Gasteiger partial charge in [-0.2, -0.15) is 0 Å². The second-order valence-electron chi connectivity index (χ2n) is 7.42. The second-order valence-corrected chi connectivity index (χ2v) is 7.42. The van der Waals surface area contributed by atoms with Gasteiger partial charge in [-0.1, -0.05) is 42.5 Å². The van der Waals surface area contributed by atoms with Gasteiger partial charge < -0.3 is 9.73 Å². The van der Waals surface area contributed by atoms with Crippen molar-refractivity contribution in [1.29, 1.82) is 0 Å². The first-order valence-electron chi connectivity index (χ1n) is 9.76. The first kappa shape index (κ1) is 17.8. The predicted octanol–water partition coefficient (Wildman–Crippen LogP) is 4.00. The lowest BCUT2D eigenvalue weighted by Crippen LogP contribution is -2.38. The lowest BCUT2D eigenvalue weighted by atomic mass is 9.96. The van der Waals surface area contributed by atoms with Gasteiger partial charge in [-0.25, -0.2) is 0 Å². The normalized spacial score (nSPS) is 15.9. The molecule has 0 aliphatic carbocycles. The molecule has 2 aromatic carbocycles. The van der Waals surface area contributed by atoms with Gasteiger partial charge in [-0.05, 0) is 60.3 Å². The van der Waals surface area contributed by atoms with Crippen LogP contribution in [0.4, 0.5) is 0 Å². The number of fused-ring (bicyclic) bond motifs is 1. The number of piperidine rings is 1. The molecule has 2 heterocycles. The Morgan fingerprint density at radius 1 is 1.04 bits per heavy atom. The average Bonchev–Trinajstić information content (AvgIpc) is 3.21. The molecule has 4 rings (SSSR count). The SMILES string of the molecule is O=C(Cc1cccc2ccccc12)NCC1CCN(Cc2ccco2)CC1. The maximum atomic E-state index is 12.4. The minimum absolute atomic E-state index is 0.115. The van der Waals surface area contributed by atoms with Crippen LogP contribution < -0.4 is 5.32 Å². The zero-order valence-corrected chi connectivity index (χ0v) is 15.6. The molecule has 27 heavy (non-hydrogen) atoms. The molecule has 4 heteroatoms. The highest BCUT2D eigenvalue weighted by Crippen LogP contribution is 2.20. The molecule has 0 unspecified atom stereocenters. The van der Waals surface area contributed by atoms with Crippen molar-refractivity contribution in [1.82, 2.24) is 10.2 Å². The molecule has 3 aromatic rings. The number of nitrogens with zero attached hydrogens (tertiary/aromatic N) is 1. The van der Waals surface area contributed by atoms with Crippen LogP contribution in [0.25, 0.3) is 10.8 Å². The van der Waals surface area contributed by atoms with Gasteiger partial charge in [0.2, 0.25) is 5.91 Å². The first-order chi connectivity index (χ1) is 13.3. The minimum Gasteiger partial charge on any atom is -0.468 e. The van der Waals surface area contributed by atoms with Gasteiger partial charge in [0.1, 0.15) is 5.76 Å². The van der Waals surface area contributed by atoms with Crippen molar-refractivity contribution in [2.75, 3.05) is 19.6 Å². The van der Waals surface area contributed by atoms with E-state index in [2.05, 4.69) is 34.5 Å². The molecule has 1 N–H and O–H groups in total. The van der Waals surface area contributed by atoms with Crippen LogP contribution in [0.2, 0.25) is 0 Å². The van der Waals surface area contributed by atoms with Crippen LogP contribution >= 0.6 is 0 Å². The number of furan rings is 1. The number of carbonyl (C=O) groups is 1. The molecule has 1 aliphatic rings. The molecule has 1 amide bonds. The maximum absolute atomic E-state index is 12.4. The van der Waals surface area contributed by atoms with Crippen molar-refractivity contribution in [2.24, 2.45) is 5.92 Å². The van der Waals surface area contributed by atoms with E-state index >= 15 is 0 Å². The molecule has 0 atom stereocenters. The van der Waals surface area contributed by atoms with Gasteiger partial charge in [0, 0.05) is 6.54 Å². The molecule has 1 aromatic heterocycles. The van der Waals surface area contributed by atoms with Gasteiger partial charge in [0.25, 0.3) is 0 Å².